The van der Waals surface area contributed by atoms with Gasteiger partial charge in [-0.2, -0.15) is 13.2 Å². The molecule has 1 aromatic carbocycles. The second kappa shape index (κ2) is 9.85. The van der Waals surface area contributed by atoms with Crippen molar-refractivity contribution >= 4 is 11.8 Å². The van der Waals surface area contributed by atoms with Gasteiger partial charge in [-0.05, 0) is 68.0 Å². The van der Waals surface area contributed by atoms with Crippen LogP contribution in [0.2, 0.25) is 0 Å². The van der Waals surface area contributed by atoms with Crippen molar-refractivity contribution in [3.63, 3.8) is 0 Å². The Labute approximate surface area is 202 Å². The van der Waals surface area contributed by atoms with Gasteiger partial charge in [0.25, 0.3) is 11.8 Å². The molecule has 1 aromatic heterocycles. The van der Waals surface area contributed by atoms with Crippen LogP contribution in [-0.2, 0) is 11.0 Å². The molecule has 2 aliphatic rings. The standard InChI is InChI=1S/C25H29F3N4O3/c1-15-16(2)21(35-14-23(29)33)8-7-19(15)20-5-3-4-18-13-31(10-11-32(18)20)24(34)17-6-9-22(30-12-17)25(26,27)28/h6-9,12,18,20H,3-5,10-11,13-14H2,1-2H3,(H2,29,33)/t18?,20-/m1/s1. The van der Waals surface area contributed by atoms with Gasteiger partial charge >= 0.3 is 6.18 Å². The quantitative estimate of drug-likeness (QED) is 0.692. The number of hydrogen-bond donors (Lipinski definition) is 1. The van der Waals surface area contributed by atoms with Gasteiger partial charge < -0.3 is 15.4 Å². The van der Waals surface area contributed by atoms with Crippen molar-refractivity contribution in [3.8, 4) is 5.75 Å². The average Bonchev–Trinajstić information content (AvgIpc) is 2.83. The van der Waals surface area contributed by atoms with Crippen LogP contribution in [0, 0.1) is 13.8 Å². The maximum absolute atomic E-state index is 13.0. The highest BCUT2D eigenvalue weighted by atomic mass is 19.4. The Bertz CT molecular complexity index is 1100. The Morgan fingerprint density at radius 1 is 1.11 bits per heavy atom. The molecule has 2 fully saturated rings. The molecule has 0 spiro atoms. The monoisotopic (exact) mass is 490 g/mol. The average molecular weight is 491 g/mol. The first-order valence-corrected chi connectivity index (χ1v) is 11.7. The fourth-order valence-electron chi connectivity index (χ4n) is 5.12. The van der Waals surface area contributed by atoms with Gasteiger partial charge in [-0.15, -0.1) is 0 Å². The summed E-state index contributed by atoms with van der Waals surface area (Å²) in [5, 5.41) is 0. The molecule has 0 radical (unpaired) electrons. The molecular formula is C25H29F3N4O3. The summed E-state index contributed by atoms with van der Waals surface area (Å²) < 4.78 is 43.9. The number of ether oxygens (including phenoxy) is 1. The van der Waals surface area contributed by atoms with Crippen LogP contribution in [0.15, 0.2) is 30.5 Å². The molecule has 2 amide bonds. The molecule has 3 heterocycles. The number of benzene rings is 1. The van der Waals surface area contributed by atoms with Crippen LogP contribution in [0.3, 0.4) is 0 Å². The molecule has 188 valence electrons. The molecule has 0 saturated carbocycles. The lowest BCUT2D eigenvalue weighted by Crippen LogP contribution is -2.57. The Kier molecular flexibility index (Phi) is 7.02. The van der Waals surface area contributed by atoms with Crippen LogP contribution < -0.4 is 10.5 Å². The van der Waals surface area contributed by atoms with E-state index in [2.05, 4.69) is 9.88 Å². The number of aromatic nitrogens is 1. The van der Waals surface area contributed by atoms with E-state index in [1.807, 2.05) is 26.0 Å². The summed E-state index contributed by atoms with van der Waals surface area (Å²) in [5.74, 6) is -0.185. The highest BCUT2D eigenvalue weighted by molar-refractivity contribution is 5.94. The first-order chi connectivity index (χ1) is 16.6. The molecule has 2 aliphatic heterocycles. The predicted octanol–water partition coefficient (Wildman–Crippen LogP) is 3.63. The van der Waals surface area contributed by atoms with Crippen LogP contribution in [-0.4, -0.2) is 58.9 Å². The third-order valence-corrected chi connectivity index (χ3v) is 7.04. The Hall–Kier alpha value is -3.14. The Balaban J connectivity index is 1.47. The molecule has 2 aromatic rings. The summed E-state index contributed by atoms with van der Waals surface area (Å²) >= 11 is 0. The molecule has 2 atom stereocenters. The summed E-state index contributed by atoms with van der Waals surface area (Å²) in [7, 11) is 0. The number of carbonyl (C=O) groups is 2. The van der Waals surface area contributed by atoms with Gasteiger partial charge in [0.1, 0.15) is 11.4 Å². The largest absolute Gasteiger partial charge is 0.484 e. The van der Waals surface area contributed by atoms with Crippen molar-refractivity contribution < 1.29 is 27.5 Å². The van der Waals surface area contributed by atoms with E-state index in [-0.39, 0.29) is 30.2 Å². The number of carbonyl (C=O) groups excluding carboxylic acids is 2. The molecule has 2 N–H and O–H groups in total. The topological polar surface area (TPSA) is 88.8 Å². The predicted molar refractivity (Wildman–Crippen MR) is 123 cm³/mol. The van der Waals surface area contributed by atoms with Crippen LogP contribution in [0.25, 0.3) is 0 Å². The first-order valence-electron chi connectivity index (χ1n) is 11.7. The maximum atomic E-state index is 13.0. The van der Waals surface area contributed by atoms with E-state index in [1.54, 1.807) is 4.90 Å². The number of nitrogens with zero attached hydrogens (tertiary/aromatic N) is 3. The SMILES string of the molecule is Cc1c(OCC(N)=O)ccc([C@H]2CCCC3CN(C(=O)c4ccc(C(F)(F)F)nc4)CCN32)c1C. The summed E-state index contributed by atoms with van der Waals surface area (Å²) in [6.07, 6.45) is -0.575. The van der Waals surface area contributed by atoms with Gasteiger partial charge in [-0.25, -0.2) is 0 Å². The van der Waals surface area contributed by atoms with Gasteiger partial charge in [-0.3, -0.25) is 19.5 Å². The minimum atomic E-state index is -4.53. The minimum absolute atomic E-state index is 0.164. The molecule has 0 bridgehead atoms. The summed E-state index contributed by atoms with van der Waals surface area (Å²) in [6.45, 7) is 5.52. The molecular weight excluding hydrogens is 461 g/mol. The van der Waals surface area contributed by atoms with Crippen LogP contribution in [0.1, 0.15) is 58.0 Å². The summed E-state index contributed by atoms with van der Waals surface area (Å²) in [5.41, 5.74) is 7.62. The van der Waals surface area contributed by atoms with Crippen molar-refractivity contribution in [2.45, 2.75) is 51.4 Å². The molecule has 2 saturated heterocycles. The van der Waals surface area contributed by atoms with Crippen LogP contribution in [0.5, 0.6) is 5.75 Å². The third-order valence-electron chi connectivity index (χ3n) is 7.04. The molecule has 0 aliphatic carbocycles. The second-order valence-corrected chi connectivity index (χ2v) is 9.18. The molecule has 10 heteroatoms. The lowest BCUT2D eigenvalue weighted by molar-refractivity contribution is -0.141. The number of rotatable bonds is 5. The fraction of sp³-hybridized carbons (Fsp3) is 0.480. The number of piperazine rings is 1. The fourth-order valence-corrected chi connectivity index (χ4v) is 5.12. The lowest BCUT2D eigenvalue weighted by atomic mass is 9.86. The van der Waals surface area contributed by atoms with Gasteiger partial charge in [0.15, 0.2) is 6.61 Å². The van der Waals surface area contributed by atoms with Gasteiger partial charge in [0, 0.05) is 37.9 Å². The molecule has 35 heavy (non-hydrogen) atoms. The van der Waals surface area contributed by atoms with Crippen LogP contribution >= 0.6 is 0 Å². The second-order valence-electron chi connectivity index (χ2n) is 9.18. The van der Waals surface area contributed by atoms with E-state index < -0.39 is 17.8 Å². The first kappa shape index (κ1) is 25.0. The highest BCUT2D eigenvalue weighted by Crippen LogP contribution is 2.39. The normalized spacial score (nSPS) is 20.9. The number of pyridine rings is 1. The number of primary amides is 1. The van der Waals surface area contributed by atoms with Crippen molar-refractivity contribution in [3.05, 3.63) is 58.4 Å². The summed E-state index contributed by atoms with van der Waals surface area (Å²) in [4.78, 5) is 31.6. The third kappa shape index (κ3) is 5.27. The van der Waals surface area contributed by atoms with Gasteiger partial charge in [0.05, 0.1) is 5.56 Å². The van der Waals surface area contributed by atoms with Crippen LogP contribution in [0.4, 0.5) is 13.2 Å². The van der Waals surface area contributed by atoms with E-state index in [1.165, 1.54) is 11.6 Å². The van der Waals surface area contributed by atoms with Crippen molar-refractivity contribution in [1.29, 1.82) is 0 Å². The maximum Gasteiger partial charge on any atom is 0.433 e. The smallest absolute Gasteiger partial charge is 0.433 e. The van der Waals surface area contributed by atoms with E-state index in [9.17, 15) is 22.8 Å². The summed E-state index contributed by atoms with van der Waals surface area (Å²) in [6, 6.07) is 6.32. The van der Waals surface area contributed by atoms with Gasteiger partial charge in [-0.1, -0.05) is 6.07 Å². The highest BCUT2D eigenvalue weighted by Gasteiger charge is 2.38. The van der Waals surface area contributed by atoms with Crippen molar-refractivity contribution in [2.24, 2.45) is 5.73 Å². The number of fused-ring (bicyclic) bond motifs is 1. The Morgan fingerprint density at radius 2 is 1.89 bits per heavy atom. The number of piperidine rings is 1. The number of alkyl halides is 3. The number of hydrogen-bond acceptors (Lipinski definition) is 5. The van der Waals surface area contributed by atoms with E-state index in [4.69, 9.17) is 10.5 Å². The number of nitrogens with two attached hydrogens (primary N) is 1. The molecule has 7 nitrogen and oxygen atoms in total. The van der Waals surface area contributed by atoms with Gasteiger partial charge in [0.2, 0.25) is 0 Å². The van der Waals surface area contributed by atoms with E-state index >= 15 is 0 Å². The number of halogens is 3. The minimum Gasteiger partial charge on any atom is -0.484 e. The molecule has 1 unspecified atom stereocenters. The van der Waals surface area contributed by atoms with Crippen molar-refractivity contribution in [1.82, 2.24) is 14.8 Å². The zero-order chi connectivity index (χ0) is 25.3. The van der Waals surface area contributed by atoms with Crippen molar-refractivity contribution in [2.75, 3.05) is 26.2 Å². The Morgan fingerprint density at radius 3 is 2.54 bits per heavy atom. The molecule has 4 rings (SSSR count). The lowest BCUT2D eigenvalue weighted by Gasteiger charge is -2.48. The van der Waals surface area contributed by atoms with E-state index in [0.29, 0.717) is 25.4 Å². The zero-order valence-electron chi connectivity index (χ0n) is 19.8. The zero-order valence-corrected chi connectivity index (χ0v) is 19.8. The van der Waals surface area contributed by atoms with E-state index in [0.717, 1.165) is 42.7 Å². The number of amides is 2.